The van der Waals surface area contributed by atoms with Gasteiger partial charge in [0.25, 0.3) is 10.0 Å². The Morgan fingerprint density at radius 1 is 1.00 bits per heavy atom. The second-order valence-electron chi connectivity index (χ2n) is 4.34. The third kappa shape index (κ3) is 3.42. The van der Waals surface area contributed by atoms with Crippen LogP contribution in [0.5, 0.6) is 0 Å². The van der Waals surface area contributed by atoms with Crippen LogP contribution in [-0.4, -0.2) is 18.7 Å². The largest absolute Gasteiger partial charge is 0.252 e. The van der Waals surface area contributed by atoms with Crippen molar-refractivity contribution in [2.45, 2.75) is 23.6 Å². The van der Waals surface area contributed by atoms with E-state index < -0.39 is 10.0 Å². The lowest BCUT2D eigenvalue weighted by molar-refractivity contribution is 0.549. The molecular weight excluding hydrogens is 290 g/mol. The summed E-state index contributed by atoms with van der Waals surface area (Å²) in [6, 6.07) is 16.4. The van der Waals surface area contributed by atoms with E-state index in [1.54, 1.807) is 12.1 Å². The van der Waals surface area contributed by atoms with Crippen LogP contribution in [-0.2, 0) is 10.0 Å². The van der Waals surface area contributed by atoms with E-state index in [1.165, 1.54) is 15.7 Å². The summed E-state index contributed by atoms with van der Waals surface area (Å²) < 4.78 is 26.6. The quantitative estimate of drug-likeness (QED) is 0.790. The Kier molecular flexibility index (Phi) is 4.86. The molecule has 0 atom stereocenters. The van der Waals surface area contributed by atoms with Crippen molar-refractivity contribution in [3.63, 3.8) is 0 Å². The second kappa shape index (κ2) is 6.43. The maximum absolute atomic E-state index is 12.6. The highest BCUT2D eigenvalue weighted by Crippen LogP contribution is 2.28. The highest BCUT2D eigenvalue weighted by atomic mass is 32.3. The van der Waals surface area contributed by atoms with Crippen molar-refractivity contribution >= 4 is 22.0 Å². The Balaban J connectivity index is 2.28. The smallest absolute Gasteiger partial charge is 0.206 e. The van der Waals surface area contributed by atoms with Crippen LogP contribution < -0.4 is 0 Å². The van der Waals surface area contributed by atoms with Gasteiger partial charge in [0.2, 0.25) is 0 Å². The Bertz CT molecular complexity index is 652. The van der Waals surface area contributed by atoms with E-state index in [0.717, 1.165) is 10.5 Å². The van der Waals surface area contributed by atoms with Gasteiger partial charge in [-0.1, -0.05) is 42.8 Å². The number of nitrogens with zero attached hydrogens (tertiary/aromatic N) is 1. The molecule has 0 amide bonds. The maximum atomic E-state index is 12.6. The van der Waals surface area contributed by atoms with E-state index in [-0.39, 0.29) is 0 Å². The SMILES string of the molecule is CCN(Sc1ccccc1)S(=O)(=O)c1ccc(C)cc1. The van der Waals surface area contributed by atoms with Gasteiger partial charge in [0.1, 0.15) is 0 Å². The molecule has 2 aromatic rings. The van der Waals surface area contributed by atoms with E-state index in [4.69, 9.17) is 0 Å². The lowest BCUT2D eigenvalue weighted by Crippen LogP contribution is -2.24. The number of hydrogen-bond acceptors (Lipinski definition) is 3. The zero-order valence-electron chi connectivity index (χ0n) is 11.5. The molecule has 20 heavy (non-hydrogen) atoms. The summed E-state index contributed by atoms with van der Waals surface area (Å²) in [6.07, 6.45) is 0. The lowest BCUT2D eigenvalue weighted by atomic mass is 10.2. The first-order chi connectivity index (χ1) is 9.54. The van der Waals surface area contributed by atoms with Gasteiger partial charge in [-0.2, -0.15) is 0 Å². The van der Waals surface area contributed by atoms with Crippen LogP contribution in [0.15, 0.2) is 64.4 Å². The van der Waals surface area contributed by atoms with Crippen molar-refractivity contribution in [2.75, 3.05) is 6.54 Å². The Morgan fingerprint density at radius 3 is 2.15 bits per heavy atom. The molecule has 0 bridgehead atoms. The minimum Gasteiger partial charge on any atom is -0.206 e. The third-order valence-electron chi connectivity index (χ3n) is 2.80. The van der Waals surface area contributed by atoms with Crippen molar-refractivity contribution in [1.82, 2.24) is 3.71 Å². The Morgan fingerprint density at radius 2 is 1.60 bits per heavy atom. The van der Waals surface area contributed by atoms with Gasteiger partial charge < -0.3 is 0 Å². The second-order valence-corrected chi connectivity index (χ2v) is 7.53. The summed E-state index contributed by atoms with van der Waals surface area (Å²) >= 11 is 1.24. The molecule has 0 heterocycles. The number of hydrogen-bond donors (Lipinski definition) is 0. The molecule has 0 aromatic heterocycles. The van der Waals surface area contributed by atoms with Crippen LogP contribution in [0.25, 0.3) is 0 Å². The minimum atomic E-state index is -3.47. The van der Waals surface area contributed by atoms with Gasteiger partial charge in [0.15, 0.2) is 0 Å². The van der Waals surface area contributed by atoms with Crippen LogP contribution in [0.1, 0.15) is 12.5 Å². The zero-order chi connectivity index (χ0) is 14.6. The highest BCUT2D eigenvalue weighted by molar-refractivity contribution is 8.08. The topological polar surface area (TPSA) is 37.4 Å². The first-order valence-electron chi connectivity index (χ1n) is 6.36. The van der Waals surface area contributed by atoms with Crippen molar-refractivity contribution in [2.24, 2.45) is 0 Å². The fraction of sp³-hybridized carbons (Fsp3) is 0.200. The molecule has 0 aliphatic carbocycles. The summed E-state index contributed by atoms with van der Waals surface area (Å²) in [5.74, 6) is 0. The first-order valence-corrected chi connectivity index (χ1v) is 8.58. The van der Waals surface area contributed by atoms with Crippen molar-refractivity contribution < 1.29 is 8.42 Å². The number of aryl methyl sites for hydroxylation is 1. The molecule has 0 N–H and O–H groups in total. The molecule has 2 aromatic carbocycles. The van der Waals surface area contributed by atoms with Gasteiger partial charge in [-0.25, -0.2) is 8.42 Å². The molecule has 2 rings (SSSR count). The predicted octanol–water partition coefficient (Wildman–Crippen LogP) is 3.71. The monoisotopic (exact) mass is 307 g/mol. The van der Waals surface area contributed by atoms with E-state index in [2.05, 4.69) is 0 Å². The average Bonchev–Trinajstić information content (AvgIpc) is 2.46. The number of rotatable bonds is 5. The molecule has 0 aliphatic rings. The summed E-state index contributed by atoms with van der Waals surface area (Å²) in [5.41, 5.74) is 1.04. The van der Waals surface area contributed by atoms with Gasteiger partial charge in [0, 0.05) is 11.4 Å². The summed E-state index contributed by atoms with van der Waals surface area (Å²) in [5, 5.41) is 0. The molecule has 0 unspecified atom stereocenters. The van der Waals surface area contributed by atoms with Crippen LogP contribution in [0.3, 0.4) is 0 Å². The third-order valence-corrected chi connectivity index (χ3v) is 6.21. The van der Waals surface area contributed by atoms with Gasteiger partial charge >= 0.3 is 0 Å². The van der Waals surface area contributed by atoms with E-state index in [9.17, 15) is 8.42 Å². The fourth-order valence-electron chi connectivity index (χ4n) is 1.71. The molecule has 0 saturated heterocycles. The van der Waals surface area contributed by atoms with E-state index in [1.807, 2.05) is 56.3 Å². The first kappa shape index (κ1) is 15.1. The van der Waals surface area contributed by atoms with Crippen molar-refractivity contribution in [3.05, 3.63) is 60.2 Å². The molecule has 3 nitrogen and oxygen atoms in total. The zero-order valence-corrected chi connectivity index (χ0v) is 13.1. The molecule has 5 heteroatoms. The maximum Gasteiger partial charge on any atom is 0.252 e. The molecular formula is C15H17NO2S2. The van der Waals surface area contributed by atoms with Crippen molar-refractivity contribution in [3.8, 4) is 0 Å². The van der Waals surface area contributed by atoms with Crippen LogP contribution >= 0.6 is 11.9 Å². The highest BCUT2D eigenvalue weighted by Gasteiger charge is 2.24. The molecule has 0 radical (unpaired) electrons. The molecule has 0 fully saturated rings. The number of benzene rings is 2. The fourth-order valence-corrected chi connectivity index (χ4v) is 4.32. The van der Waals surface area contributed by atoms with Crippen LogP contribution in [0.2, 0.25) is 0 Å². The molecule has 0 spiro atoms. The van der Waals surface area contributed by atoms with Crippen molar-refractivity contribution in [1.29, 1.82) is 0 Å². The van der Waals surface area contributed by atoms with Crippen LogP contribution in [0.4, 0.5) is 0 Å². The van der Waals surface area contributed by atoms with E-state index in [0.29, 0.717) is 11.4 Å². The Hall–Kier alpha value is -1.30. The lowest BCUT2D eigenvalue weighted by Gasteiger charge is -2.19. The summed E-state index contributed by atoms with van der Waals surface area (Å²) in [4.78, 5) is 1.23. The van der Waals surface area contributed by atoms with Gasteiger partial charge in [-0.05, 0) is 43.1 Å². The predicted molar refractivity (Wildman–Crippen MR) is 83.0 cm³/mol. The minimum absolute atomic E-state index is 0.327. The standard InChI is InChI=1S/C15H17NO2S2/c1-3-16(19-14-7-5-4-6-8-14)20(17,18)15-11-9-13(2)10-12-15/h4-12H,3H2,1-2H3. The molecule has 0 aliphatic heterocycles. The summed E-state index contributed by atoms with van der Waals surface area (Å²) in [6.45, 7) is 4.18. The Labute approximate surface area is 124 Å². The molecule has 0 saturated carbocycles. The van der Waals surface area contributed by atoms with Gasteiger partial charge in [-0.3, -0.25) is 0 Å². The normalized spacial score (nSPS) is 11.8. The van der Waals surface area contributed by atoms with Gasteiger partial charge in [0.05, 0.1) is 4.90 Å². The number of sulfonamides is 1. The average molecular weight is 307 g/mol. The summed E-state index contributed by atoms with van der Waals surface area (Å²) in [7, 11) is -3.47. The molecule has 106 valence electrons. The van der Waals surface area contributed by atoms with Gasteiger partial charge in [-0.15, -0.1) is 3.71 Å². The van der Waals surface area contributed by atoms with E-state index >= 15 is 0 Å². The van der Waals surface area contributed by atoms with Crippen LogP contribution in [0, 0.1) is 6.92 Å².